The lowest BCUT2D eigenvalue weighted by Gasteiger charge is -2.02. The molecule has 0 atom stereocenters. The Kier molecular flexibility index (Phi) is 2.77. The molecule has 0 N–H and O–H groups in total. The smallest absolute Gasteiger partial charge is 0.0998 e. The summed E-state index contributed by atoms with van der Waals surface area (Å²) in [7, 11) is 0. The topological polar surface area (TPSA) is 77.5 Å². The number of benzene rings is 1. The monoisotopic (exact) mass is 211 g/mol. The molecule has 0 saturated heterocycles. The van der Waals surface area contributed by atoms with Crippen LogP contribution in [0.25, 0.3) is 21.3 Å². The van der Waals surface area contributed by atoms with Gasteiger partial charge in [0.2, 0.25) is 0 Å². The maximum atomic E-state index is 8.93. The van der Waals surface area contributed by atoms with Crippen LogP contribution in [0.15, 0.2) is 35.6 Å². The molecule has 1 aromatic heterocycles. The highest BCUT2D eigenvalue weighted by molar-refractivity contribution is 5.85. The molecule has 0 fully saturated rings. The molecular formula is C11H9N5. The Bertz CT molecular complexity index is 598. The Labute approximate surface area is 92.2 Å². The van der Waals surface area contributed by atoms with Gasteiger partial charge in [-0.2, -0.15) is 5.26 Å². The number of azide groups is 1. The van der Waals surface area contributed by atoms with E-state index in [1.807, 2.05) is 29.0 Å². The van der Waals surface area contributed by atoms with Crippen LogP contribution in [0, 0.1) is 11.3 Å². The standard InChI is InChI=1S/C11H9N5/c12-8-9-2-1-3-11-10(9)4-6-16(11)7-5-14-15-13/h1-4,6H,5,7H2. The highest BCUT2D eigenvalue weighted by atomic mass is 15.1. The third-order valence-corrected chi connectivity index (χ3v) is 2.44. The Hall–Kier alpha value is -2.44. The molecule has 0 aliphatic rings. The van der Waals surface area contributed by atoms with Crippen LogP contribution in [0.5, 0.6) is 0 Å². The number of nitrogens with zero attached hydrogens (tertiary/aromatic N) is 5. The van der Waals surface area contributed by atoms with Gasteiger partial charge in [-0.05, 0) is 23.7 Å². The van der Waals surface area contributed by atoms with E-state index < -0.39 is 0 Å². The van der Waals surface area contributed by atoms with Crippen LogP contribution in [-0.2, 0) is 6.54 Å². The predicted octanol–water partition coefficient (Wildman–Crippen LogP) is 2.82. The lowest BCUT2D eigenvalue weighted by molar-refractivity contribution is 0.732. The van der Waals surface area contributed by atoms with E-state index in [-0.39, 0.29) is 0 Å². The van der Waals surface area contributed by atoms with Crippen LogP contribution >= 0.6 is 0 Å². The summed E-state index contributed by atoms with van der Waals surface area (Å²) in [5.41, 5.74) is 9.86. The number of hydrogen-bond donors (Lipinski definition) is 0. The van der Waals surface area contributed by atoms with Gasteiger partial charge in [-0.3, -0.25) is 0 Å². The molecule has 1 aromatic carbocycles. The molecule has 16 heavy (non-hydrogen) atoms. The molecule has 5 nitrogen and oxygen atoms in total. The molecule has 0 bridgehead atoms. The summed E-state index contributed by atoms with van der Waals surface area (Å²) in [6.07, 6.45) is 1.90. The van der Waals surface area contributed by atoms with Crippen molar-refractivity contribution in [2.45, 2.75) is 6.54 Å². The minimum atomic E-state index is 0.414. The van der Waals surface area contributed by atoms with Gasteiger partial charge >= 0.3 is 0 Å². The van der Waals surface area contributed by atoms with Crippen LogP contribution in [0.4, 0.5) is 0 Å². The Morgan fingerprint density at radius 2 is 2.31 bits per heavy atom. The first kappa shape index (κ1) is 10.1. The van der Waals surface area contributed by atoms with Crippen molar-refractivity contribution in [1.29, 1.82) is 5.26 Å². The van der Waals surface area contributed by atoms with Crippen molar-refractivity contribution in [2.75, 3.05) is 6.54 Å². The molecule has 5 heteroatoms. The zero-order valence-corrected chi connectivity index (χ0v) is 8.54. The van der Waals surface area contributed by atoms with Crippen LogP contribution < -0.4 is 0 Å². The van der Waals surface area contributed by atoms with Crippen LogP contribution in [0.2, 0.25) is 0 Å². The first-order valence-corrected chi connectivity index (χ1v) is 4.85. The Morgan fingerprint density at radius 3 is 3.06 bits per heavy atom. The van der Waals surface area contributed by atoms with E-state index in [1.54, 1.807) is 6.07 Å². The van der Waals surface area contributed by atoms with Crippen LogP contribution in [0.3, 0.4) is 0 Å². The normalized spacial score (nSPS) is 9.69. The first-order valence-electron chi connectivity index (χ1n) is 4.85. The number of fused-ring (bicyclic) bond motifs is 1. The minimum Gasteiger partial charge on any atom is -0.347 e. The first-order chi connectivity index (χ1) is 7.86. The van der Waals surface area contributed by atoms with Gasteiger partial charge in [0.05, 0.1) is 11.6 Å². The molecule has 2 aromatic rings. The van der Waals surface area contributed by atoms with E-state index in [2.05, 4.69) is 16.1 Å². The quantitative estimate of drug-likeness (QED) is 0.436. The minimum absolute atomic E-state index is 0.414. The number of rotatable bonds is 3. The predicted molar refractivity (Wildman–Crippen MR) is 60.7 cm³/mol. The van der Waals surface area contributed by atoms with Gasteiger partial charge < -0.3 is 4.57 Å². The van der Waals surface area contributed by atoms with Crippen molar-refractivity contribution in [1.82, 2.24) is 4.57 Å². The van der Waals surface area contributed by atoms with Crippen molar-refractivity contribution in [3.63, 3.8) is 0 Å². The summed E-state index contributed by atoms with van der Waals surface area (Å²) in [6.45, 7) is 1.04. The summed E-state index contributed by atoms with van der Waals surface area (Å²) in [5, 5.41) is 13.4. The summed E-state index contributed by atoms with van der Waals surface area (Å²) in [5.74, 6) is 0. The molecule has 0 aliphatic heterocycles. The molecule has 0 unspecified atom stereocenters. The van der Waals surface area contributed by atoms with Crippen molar-refractivity contribution < 1.29 is 0 Å². The van der Waals surface area contributed by atoms with E-state index >= 15 is 0 Å². The third kappa shape index (κ3) is 1.70. The highest BCUT2D eigenvalue weighted by Gasteiger charge is 2.03. The molecule has 78 valence electrons. The average molecular weight is 211 g/mol. The fourth-order valence-electron chi connectivity index (χ4n) is 1.71. The molecule has 2 rings (SSSR count). The number of nitriles is 1. The average Bonchev–Trinajstić information content (AvgIpc) is 2.73. The summed E-state index contributed by atoms with van der Waals surface area (Å²) in [6, 6.07) is 9.66. The van der Waals surface area contributed by atoms with Crippen LogP contribution in [-0.4, -0.2) is 11.1 Å². The zero-order valence-electron chi connectivity index (χ0n) is 8.54. The maximum Gasteiger partial charge on any atom is 0.0998 e. The SMILES string of the molecule is N#Cc1cccc2c1ccn2CCN=[N+]=[N-]. The van der Waals surface area contributed by atoms with E-state index in [0.717, 1.165) is 10.9 Å². The van der Waals surface area contributed by atoms with Crippen molar-refractivity contribution >= 4 is 10.9 Å². The van der Waals surface area contributed by atoms with Crippen LogP contribution in [0.1, 0.15) is 5.56 Å². The highest BCUT2D eigenvalue weighted by Crippen LogP contribution is 2.19. The maximum absolute atomic E-state index is 8.93. The van der Waals surface area contributed by atoms with Gasteiger partial charge in [-0.25, -0.2) is 0 Å². The Balaban J connectivity index is 2.42. The fourth-order valence-corrected chi connectivity index (χ4v) is 1.71. The van der Waals surface area contributed by atoms with Crippen molar-refractivity contribution in [3.05, 3.63) is 46.5 Å². The van der Waals surface area contributed by atoms with Gasteiger partial charge in [-0.15, -0.1) is 0 Å². The molecule has 0 saturated carbocycles. The van der Waals surface area contributed by atoms with Crippen molar-refractivity contribution in [3.8, 4) is 6.07 Å². The molecule has 0 amide bonds. The van der Waals surface area contributed by atoms with Crippen molar-refractivity contribution in [2.24, 2.45) is 5.11 Å². The van der Waals surface area contributed by atoms with Gasteiger partial charge in [-0.1, -0.05) is 11.2 Å². The zero-order chi connectivity index (χ0) is 11.4. The van der Waals surface area contributed by atoms with E-state index in [4.69, 9.17) is 10.8 Å². The van der Waals surface area contributed by atoms with E-state index in [1.165, 1.54) is 0 Å². The lowest BCUT2D eigenvalue weighted by atomic mass is 10.1. The third-order valence-electron chi connectivity index (χ3n) is 2.44. The molecule has 0 radical (unpaired) electrons. The van der Waals surface area contributed by atoms with Gasteiger partial charge in [0.15, 0.2) is 0 Å². The second-order valence-corrected chi connectivity index (χ2v) is 3.31. The lowest BCUT2D eigenvalue weighted by Crippen LogP contribution is -1.98. The Morgan fingerprint density at radius 1 is 1.44 bits per heavy atom. The summed E-state index contributed by atoms with van der Waals surface area (Å²) in [4.78, 5) is 2.71. The van der Waals surface area contributed by atoms with E-state index in [9.17, 15) is 0 Å². The van der Waals surface area contributed by atoms with Gasteiger partial charge in [0, 0.05) is 35.1 Å². The summed E-state index contributed by atoms with van der Waals surface area (Å²) >= 11 is 0. The largest absolute Gasteiger partial charge is 0.347 e. The number of hydrogen-bond acceptors (Lipinski definition) is 2. The molecule has 0 spiro atoms. The van der Waals surface area contributed by atoms with Gasteiger partial charge in [0.25, 0.3) is 0 Å². The summed E-state index contributed by atoms with van der Waals surface area (Å²) < 4.78 is 1.98. The molecule has 1 heterocycles. The number of aromatic nitrogens is 1. The van der Waals surface area contributed by atoms with Gasteiger partial charge in [0.1, 0.15) is 0 Å². The molecule has 0 aliphatic carbocycles. The molecular weight excluding hydrogens is 202 g/mol. The second kappa shape index (κ2) is 4.39. The van der Waals surface area contributed by atoms with E-state index in [0.29, 0.717) is 18.7 Å². The fraction of sp³-hybridized carbons (Fsp3) is 0.182. The second-order valence-electron chi connectivity index (χ2n) is 3.31.